The van der Waals surface area contributed by atoms with Crippen molar-refractivity contribution in [2.24, 2.45) is 5.73 Å². The zero-order valence-corrected chi connectivity index (χ0v) is 10.7. The molecule has 0 saturated heterocycles. The molecule has 0 aliphatic carbocycles. The molecule has 0 aliphatic rings. The lowest BCUT2D eigenvalue weighted by atomic mass is 10.1. The van der Waals surface area contributed by atoms with Gasteiger partial charge in [-0.1, -0.05) is 42.5 Å². The first-order valence-electron chi connectivity index (χ1n) is 6.03. The van der Waals surface area contributed by atoms with Crippen LogP contribution in [-0.2, 0) is 11.4 Å². The Morgan fingerprint density at radius 2 is 1.55 bits per heavy atom. The molecule has 2 aromatic rings. The number of hydrogen-bond acceptors (Lipinski definition) is 3. The molecule has 0 saturated carbocycles. The van der Waals surface area contributed by atoms with Gasteiger partial charge in [0, 0.05) is 0 Å². The molecule has 0 aliphatic heterocycles. The summed E-state index contributed by atoms with van der Waals surface area (Å²) in [5.74, 6) is -1.16. The van der Waals surface area contributed by atoms with Crippen LogP contribution in [0.2, 0.25) is 0 Å². The Bertz CT molecular complexity index is 612. The third-order valence-corrected chi connectivity index (χ3v) is 2.68. The van der Waals surface area contributed by atoms with Crippen LogP contribution in [-0.4, -0.2) is 11.8 Å². The van der Waals surface area contributed by atoms with Crippen molar-refractivity contribution in [1.29, 1.82) is 0 Å². The number of benzene rings is 2. The smallest absolute Gasteiger partial charge is 0.275 e. The molecule has 0 atom stereocenters. The summed E-state index contributed by atoms with van der Waals surface area (Å²) in [7, 11) is 0. The third kappa shape index (κ3) is 3.43. The van der Waals surface area contributed by atoms with Gasteiger partial charge >= 0.3 is 0 Å². The van der Waals surface area contributed by atoms with E-state index in [2.05, 4.69) is 5.48 Å². The fraction of sp³-hybridized carbons (Fsp3) is 0.0667. The van der Waals surface area contributed by atoms with Crippen molar-refractivity contribution in [2.75, 3.05) is 0 Å². The number of nitrogens with one attached hydrogen (secondary N) is 1. The van der Waals surface area contributed by atoms with Gasteiger partial charge in [-0.05, 0) is 17.7 Å². The van der Waals surface area contributed by atoms with Crippen LogP contribution in [0, 0.1) is 0 Å². The van der Waals surface area contributed by atoms with Gasteiger partial charge in [0.1, 0.15) is 0 Å². The molecule has 0 fully saturated rings. The maximum absolute atomic E-state index is 11.9. The van der Waals surface area contributed by atoms with E-state index in [1.165, 1.54) is 12.1 Å². The molecule has 20 heavy (non-hydrogen) atoms. The molecule has 2 amide bonds. The minimum absolute atomic E-state index is 0.160. The zero-order chi connectivity index (χ0) is 14.4. The van der Waals surface area contributed by atoms with E-state index in [0.29, 0.717) is 0 Å². The number of rotatable bonds is 5. The topological polar surface area (TPSA) is 81.4 Å². The molecule has 0 radical (unpaired) electrons. The maximum atomic E-state index is 11.9. The molecule has 102 valence electrons. The Hall–Kier alpha value is -2.66. The number of carbonyl (C=O) groups excluding carboxylic acids is 2. The molecule has 3 N–H and O–H groups in total. The Morgan fingerprint density at radius 3 is 2.20 bits per heavy atom. The SMILES string of the molecule is NC(=O)c1ccccc1C(=O)NOCc1ccccc1. The number of carbonyl (C=O) groups is 2. The fourth-order valence-corrected chi connectivity index (χ4v) is 1.71. The van der Waals surface area contributed by atoms with Gasteiger partial charge in [0.05, 0.1) is 17.7 Å². The summed E-state index contributed by atoms with van der Waals surface area (Å²) < 4.78 is 0. The molecule has 0 bridgehead atoms. The van der Waals surface area contributed by atoms with Crippen LogP contribution >= 0.6 is 0 Å². The number of amides is 2. The maximum Gasteiger partial charge on any atom is 0.275 e. The number of hydrogen-bond donors (Lipinski definition) is 2. The van der Waals surface area contributed by atoms with Crippen LogP contribution in [0.15, 0.2) is 54.6 Å². The van der Waals surface area contributed by atoms with Crippen molar-refractivity contribution in [3.8, 4) is 0 Å². The van der Waals surface area contributed by atoms with E-state index in [-0.39, 0.29) is 17.7 Å². The molecule has 0 heterocycles. The van der Waals surface area contributed by atoms with Crippen LogP contribution in [0.25, 0.3) is 0 Å². The van der Waals surface area contributed by atoms with Crippen molar-refractivity contribution in [1.82, 2.24) is 5.48 Å². The lowest BCUT2D eigenvalue weighted by Crippen LogP contribution is -2.26. The average Bonchev–Trinajstić information content (AvgIpc) is 2.48. The van der Waals surface area contributed by atoms with E-state index in [9.17, 15) is 9.59 Å². The van der Waals surface area contributed by atoms with Gasteiger partial charge in [0.15, 0.2) is 0 Å². The van der Waals surface area contributed by atoms with E-state index < -0.39 is 11.8 Å². The van der Waals surface area contributed by atoms with Gasteiger partial charge in [-0.25, -0.2) is 5.48 Å². The molecular formula is C15H14N2O3. The lowest BCUT2D eigenvalue weighted by molar-refractivity contribution is 0.0232. The fourth-order valence-electron chi connectivity index (χ4n) is 1.71. The molecule has 2 aromatic carbocycles. The molecule has 0 unspecified atom stereocenters. The van der Waals surface area contributed by atoms with Crippen molar-refractivity contribution >= 4 is 11.8 Å². The Morgan fingerprint density at radius 1 is 0.950 bits per heavy atom. The zero-order valence-electron chi connectivity index (χ0n) is 10.7. The van der Waals surface area contributed by atoms with Crippen molar-refractivity contribution in [3.63, 3.8) is 0 Å². The predicted octanol–water partition coefficient (Wildman–Crippen LogP) is 1.65. The minimum atomic E-state index is -0.654. The summed E-state index contributed by atoms with van der Waals surface area (Å²) in [6.45, 7) is 0.241. The second-order valence-corrected chi connectivity index (χ2v) is 4.12. The number of nitrogens with two attached hydrogens (primary N) is 1. The van der Waals surface area contributed by atoms with Crippen LogP contribution in [0.4, 0.5) is 0 Å². The van der Waals surface area contributed by atoms with E-state index in [0.717, 1.165) is 5.56 Å². The second kappa shape index (κ2) is 6.49. The van der Waals surface area contributed by atoms with Crippen molar-refractivity contribution < 1.29 is 14.4 Å². The van der Waals surface area contributed by atoms with Gasteiger partial charge in [-0.2, -0.15) is 0 Å². The van der Waals surface area contributed by atoms with E-state index >= 15 is 0 Å². The summed E-state index contributed by atoms with van der Waals surface area (Å²) in [6.07, 6.45) is 0. The molecule has 0 aromatic heterocycles. The minimum Gasteiger partial charge on any atom is -0.366 e. The van der Waals surface area contributed by atoms with Crippen molar-refractivity contribution in [2.45, 2.75) is 6.61 Å². The van der Waals surface area contributed by atoms with Gasteiger partial charge in [-0.15, -0.1) is 0 Å². The molecular weight excluding hydrogens is 256 g/mol. The van der Waals surface area contributed by atoms with Gasteiger partial charge in [0.25, 0.3) is 5.91 Å². The quantitative estimate of drug-likeness (QED) is 0.810. The third-order valence-electron chi connectivity index (χ3n) is 2.68. The summed E-state index contributed by atoms with van der Waals surface area (Å²) in [5, 5.41) is 0. The molecule has 5 heteroatoms. The van der Waals surface area contributed by atoms with Gasteiger partial charge in [0.2, 0.25) is 5.91 Å². The number of primary amides is 1. The van der Waals surface area contributed by atoms with Gasteiger partial charge < -0.3 is 5.73 Å². The van der Waals surface area contributed by atoms with Crippen molar-refractivity contribution in [3.05, 3.63) is 71.3 Å². The van der Waals surface area contributed by atoms with Crippen LogP contribution < -0.4 is 11.2 Å². The monoisotopic (exact) mass is 270 g/mol. The predicted molar refractivity (Wildman–Crippen MR) is 73.7 cm³/mol. The highest BCUT2D eigenvalue weighted by molar-refractivity contribution is 6.06. The number of hydroxylamine groups is 1. The Labute approximate surface area is 116 Å². The highest BCUT2D eigenvalue weighted by Gasteiger charge is 2.14. The summed E-state index contributed by atoms with van der Waals surface area (Å²) in [4.78, 5) is 28.3. The van der Waals surface area contributed by atoms with Gasteiger partial charge in [-0.3, -0.25) is 14.4 Å². The first kappa shape index (κ1) is 13.8. The molecule has 5 nitrogen and oxygen atoms in total. The molecule has 0 spiro atoms. The summed E-state index contributed by atoms with van der Waals surface area (Å²) in [6, 6.07) is 15.7. The lowest BCUT2D eigenvalue weighted by Gasteiger charge is -2.08. The first-order valence-corrected chi connectivity index (χ1v) is 6.03. The Balaban J connectivity index is 1.97. The normalized spacial score (nSPS) is 10.0. The van der Waals surface area contributed by atoms with E-state index in [1.807, 2.05) is 30.3 Å². The van der Waals surface area contributed by atoms with Crippen LogP contribution in [0.1, 0.15) is 26.3 Å². The molecule has 2 rings (SSSR count). The highest BCUT2D eigenvalue weighted by Crippen LogP contribution is 2.08. The second-order valence-electron chi connectivity index (χ2n) is 4.12. The largest absolute Gasteiger partial charge is 0.366 e. The average molecular weight is 270 g/mol. The summed E-state index contributed by atoms with van der Waals surface area (Å²) >= 11 is 0. The first-order chi connectivity index (χ1) is 9.68. The Kier molecular flexibility index (Phi) is 4.47. The summed E-state index contributed by atoms with van der Waals surface area (Å²) in [5.41, 5.74) is 8.78. The van der Waals surface area contributed by atoms with Crippen LogP contribution in [0.5, 0.6) is 0 Å². The van der Waals surface area contributed by atoms with Crippen LogP contribution in [0.3, 0.4) is 0 Å². The van der Waals surface area contributed by atoms with E-state index in [4.69, 9.17) is 10.6 Å². The van der Waals surface area contributed by atoms with E-state index in [1.54, 1.807) is 12.1 Å². The standard InChI is InChI=1S/C15H14N2O3/c16-14(18)12-8-4-5-9-13(12)15(19)17-20-10-11-6-2-1-3-7-11/h1-9H,10H2,(H2,16,18)(H,17,19). The highest BCUT2D eigenvalue weighted by atomic mass is 16.6.